The second kappa shape index (κ2) is 2.89. The van der Waals surface area contributed by atoms with Crippen molar-refractivity contribution < 1.29 is 16.9 Å². The third kappa shape index (κ3) is 2.20. The van der Waals surface area contributed by atoms with Crippen molar-refractivity contribution in [2.45, 2.75) is 0 Å². The van der Waals surface area contributed by atoms with E-state index in [0.29, 0.717) is 0 Å². The van der Waals surface area contributed by atoms with E-state index in [0.717, 1.165) is 11.8 Å². The van der Waals surface area contributed by atoms with E-state index in [1.54, 1.807) is 0 Å². The van der Waals surface area contributed by atoms with E-state index in [4.69, 9.17) is 0 Å². The van der Waals surface area contributed by atoms with Crippen LogP contribution in [0, 0.1) is 0 Å². The number of rotatable bonds is 3. The lowest BCUT2D eigenvalue weighted by atomic mass is 11.0. The lowest BCUT2D eigenvalue weighted by Crippen LogP contribution is -2.19. The van der Waals surface area contributed by atoms with Gasteiger partial charge in [-0.3, -0.25) is 4.28 Å². The summed E-state index contributed by atoms with van der Waals surface area (Å²) in [6.07, 6.45) is 3.90. The summed E-state index contributed by atoms with van der Waals surface area (Å²) in [5.74, 6) is 0. The Bertz CT molecular complexity index is 303. The maximum atomic E-state index is 10.6. The van der Waals surface area contributed by atoms with E-state index in [-0.39, 0.29) is 0 Å². The molecule has 11 heavy (non-hydrogen) atoms. The molecule has 0 atom stereocenters. The molecule has 0 radical (unpaired) electrons. The van der Waals surface area contributed by atoms with Crippen LogP contribution in [0.4, 0.5) is 0 Å². The second-order valence-electron chi connectivity index (χ2n) is 1.57. The molecule has 0 aliphatic heterocycles. The van der Waals surface area contributed by atoms with Gasteiger partial charge in [-0.25, -0.2) is 9.17 Å². The Morgan fingerprint density at radius 1 is 1.55 bits per heavy atom. The molecule has 1 rings (SSSR count). The standard InChI is InChI=1S/C4H6N2O4S/c1-9-11(7,8)10-6-3-2-5-4-6/h2-4H,1H3. The number of hydrogen-bond acceptors (Lipinski definition) is 5. The van der Waals surface area contributed by atoms with Crippen LogP contribution in [0.25, 0.3) is 0 Å². The third-order valence-corrected chi connectivity index (χ3v) is 1.62. The Balaban J connectivity index is 2.72. The summed E-state index contributed by atoms with van der Waals surface area (Å²) in [6.45, 7) is 0. The minimum Gasteiger partial charge on any atom is -0.265 e. The molecule has 1 aromatic heterocycles. The van der Waals surface area contributed by atoms with E-state index in [1.165, 1.54) is 18.7 Å². The molecule has 0 unspecified atom stereocenters. The fraction of sp³-hybridized carbons (Fsp3) is 0.250. The van der Waals surface area contributed by atoms with Gasteiger partial charge in [-0.1, -0.05) is 0 Å². The highest BCUT2D eigenvalue weighted by atomic mass is 32.3. The molecule has 0 bridgehead atoms. The van der Waals surface area contributed by atoms with Crippen LogP contribution in [0.1, 0.15) is 0 Å². The van der Waals surface area contributed by atoms with Crippen molar-refractivity contribution in [3.8, 4) is 0 Å². The third-order valence-electron chi connectivity index (χ3n) is 0.862. The van der Waals surface area contributed by atoms with E-state index in [2.05, 4.69) is 13.5 Å². The van der Waals surface area contributed by atoms with Gasteiger partial charge in [0.1, 0.15) is 6.33 Å². The second-order valence-corrected chi connectivity index (χ2v) is 2.87. The van der Waals surface area contributed by atoms with Gasteiger partial charge in [-0.15, -0.1) is 0 Å². The fourth-order valence-corrected chi connectivity index (χ4v) is 0.787. The summed E-state index contributed by atoms with van der Waals surface area (Å²) in [5, 5.41) is 0. The highest BCUT2D eigenvalue weighted by molar-refractivity contribution is 7.82. The van der Waals surface area contributed by atoms with Crippen molar-refractivity contribution in [3.05, 3.63) is 18.7 Å². The van der Waals surface area contributed by atoms with Gasteiger partial charge < -0.3 is 0 Å². The molecule has 62 valence electrons. The predicted octanol–water partition coefficient (Wildman–Crippen LogP) is -0.797. The van der Waals surface area contributed by atoms with E-state index in [9.17, 15) is 8.42 Å². The highest BCUT2D eigenvalue weighted by Gasteiger charge is 2.09. The van der Waals surface area contributed by atoms with Crippen molar-refractivity contribution in [1.29, 1.82) is 0 Å². The average molecular weight is 178 g/mol. The molecule has 0 saturated heterocycles. The van der Waals surface area contributed by atoms with Crippen molar-refractivity contribution in [1.82, 2.24) is 9.71 Å². The van der Waals surface area contributed by atoms with Crippen molar-refractivity contribution >= 4 is 10.4 Å². The Labute approximate surface area is 63.7 Å². The molecule has 1 heterocycles. The van der Waals surface area contributed by atoms with E-state index in [1.807, 2.05) is 0 Å². The molecule has 0 aromatic carbocycles. The lowest BCUT2D eigenvalue weighted by Gasteiger charge is -2.01. The van der Waals surface area contributed by atoms with Crippen molar-refractivity contribution in [2.75, 3.05) is 7.11 Å². The number of aromatic nitrogens is 2. The Kier molecular flexibility index (Phi) is 2.11. The first kappa shape index (κ1) is 8.02. The van der Waals surface area contributed by atoms with Gasteiger partial charge in [0, 0.05) is 6.20 Å². The van der Waals surface area contributed by atoms with Gasteiger partial charge in [-0.05, 0) is 0 Å². The molecule has 0 aliphatic rings. The zero-order chi connectivity index (χ0) is 8.32. The topological polar surface area (TPSA) is 70.4 Å². The Morgan fingerprint density at radius 3 is 2.73 bits per heavy atom. The summed E-state index contributed by atoms with van der Waals surface area (Å²) in [5.41, 5.74) is 0. The zero-order valence-electron chi connectivity index (χ0n) is 5.67. The normalized spacial score (nSPS) is 11.4. The average Bonchev–Trinajstić information content (AvgIpc) is 2.39. The number of nitrogens with zero attached hydrogens (tertiary/aromatic N) is 2. The van der Waals surface area contributed by atoms with Gasteiger partial charge in [-0.2, -0.15) is 13.1 Å². The summed E-state index contributed by atoms with van der Waals surface area (Å²) >= 11 is 0. The molecule has 0 N–H and O–H groups in total. The molecule has 7 heteroatoms. The maximum absolute atomic E-state index is 10.6. The smallest absolute Gasteiger partial charge is 0.265 e. The largest absolute Gasteiger partial charge is 0.467 e. The van der Waals surface area contributed by atoms with Crippen molar-refractivity contribution in [3.63, 3.8) is 0 Å². The summed E-state index contributed by atoms with van der Waals surface area (Å²) in [6, 6.07) is 0. The van der Waals surface area contributed by atoms with Gasteiger partial charge in [0.25, 0.3) is 0 Å². The van der Waals surface area contributed by atoms with Crippen LogP contribution in [0.5, 0.6) is 0 Å². The van der Waals surface area contributed by atoms with Crippen LogP contribution in [0.3, 0.4) is 0 Å². The Morgan fingerprint density at radius 2 is 2.27 bits per heavy atom. The quantitative estimate of drug-likeness (QED) is 0.606. The van der Waals surface area contributed by atoms with Crippen molar-refractivity contribution in [2.24, 2.45) is 0 Å². The number of imidazole rings is 1. The van der Waals surface area contributed by atoms with Crippen LogP contribution in [-0.4, -0.2) is 25.2 Å². The summed E-state index contributed by atoms with van der Waals surface area (Å²) in [4.78, 5) is 3.56. The molecule has 0 amide bonds. The van der Waals surface area contributed by atoms with Crippen LogP contribution >= 0.6 is 0 Å². The zero-order valence-corrected chi connectivity index (χ0v) is 6.48. The SMILES string of the molecule is COS(=O)(=O)On1ccnc1. The highest BCUT2D eigenvalue weighted by Crippen LogP contribution is 1.89. The molecule has 0 fully saturated rings. The lowest BCUT2D eigenvalue weighted by molar-refractivity contribution is 0.220. The predicted molar refractivity (Wildman–Crippen MR) is 34.7 cm³/mol. The summed E-state index contributed by atoms with van der Waals surface area (Å²) in [7, 11) is -2.91. The molecule has 0 spiro atoms. The molecule has 0 aliphatic carbocycles. The molecule has 6 nitrogen and oxygen atoms in total. The molecule has 1 aromatic rings. The molecule has 0 saturated carbocycles. The van der Waals surface area contributed by atoms with Crippen LogP contribution in [-0.2, 0) is 14.6 Å². The maximum Gasteiger partial charge on any atom is 0.467 e. The first-order chi connectivity index (χ1) is 5.14. The van der Waals surface area contributed by atoms with Crippen LogP contribution in [0.15, 0.2) is 18.7 Å². The van der Waals surface area contributed by atoms with E-state index < -0.39 is 10.4 Å². The molecular formula is C4H6N2O4S. The minimum absolute atomic E-state index is 0.916. The van der Waals surface area contributed by atoms with Gasteiger partial charge in [0.15, 0.2) is 0 Å². The molecular weight excluding hydrogens is 172 g/mol. The first-order valence-corrected chi connectivity index (χ1v) is 3.96. The van der Waals surface area contributed by atoms with Gasteiger partial charge >= 0.3 is 10.4 Å². The van der Waals surface area contributed by atoms with Crippen LogP contribution in [0.2, 0.25) is 0 Å². The monoisotopic (exact) mass is 178 g/mol. The fourth-order valence-electron chi connectivity index (χ4n) is 0.427. The van der Waals surface area contributed by atoms with Crippen LogP contribution < -0.4 is 4.28 Å². The minimum atomic E-state index is -3.92. The number of hydrogen-bond donors (Lipinski definition) is 0. The summed E-state index contributed by atoms with van der Waals surface area (Å²) < 4.78 is 30.4. The van der Waals surface area contributed by atoms with Gasteiger partial charge in [0.05, 0.1) is 13.3 Å². The van der Waals surface area contributed by atoms with Gasteiger partial charge in [0.2, 0.25) is 0 Å². The van der Waals surface area contributed by atoms with E-state index >= 15 is 0 Å². The Hall–Kier alpha value is -1.08. The first-order valence-electron chi connectivity index (χ1n) is 2.62.